The zero-order valence-electron chi connectivity index (χ0n) is 15.0. The van der Waals surface area contributed by atoms with Crippen LogP contribution in [0.1, 0.15) is 16.7 Å². The molecule has 4 rings (SSSR count). The van der Waals surface area contributed by atoms with E-state index in [1.165, 1.54) is 29.5 Å². The molecule has 4 aromatic rings. The van der Waals surface area contributed by atoms with Crippen LogP contribution in [0.15, 0.2) is 76.4 Å². The van der Waals surface area contributed by atoms with Crippen LogP contribution in [0.2, 0.25) is 0 Å². The number of aromatic nitrogens is 1. The Morgan fingerprint density at radius 1 is 0.964 bits per heavy atom. The van der Waals surface area contributed by atoms with Gasteiger partial charge in [-0.25, -0.2) is 4.98 Å². The number of benzene rings is 3. The van der Waals surface area contributed by atoms with Crippen molar-refractivity contribution in [3.8, 4) is 11.1 Å². The Morgan fingerprint density at radius 2 is 1.71 bits per heavy atom. The highest BCUT2D eigenvalue weighted by atomic mass is 32.2. The highest BCUT2D eigenvalue weighted by Crippen LogP contribution is 2.32. The molecule has 0 atom stereocenters. The van der Waals surface area contributed by atoms with Crippen molar-refractivity contribution in [1.82, 2.24) is 4.98 Å². The van der Waals surface area contributed by atoms with Gasteiger partial charge in [-0.1, -0.05) is 54.2 Å². The fourth-order valence-corrected chi connectivity index (χ4v) is 3.76. The van der Waals surface area contributed by atoms with Gasteiger partial charge in [-0.05, 0) is 53.4 Å². The van der Waals surface area contributed by atoms with E-state index in [9.17, 15) is 13.2 Å². The van der Waals surface area contributed by atoms with Gasteiger partial charge < -0.3 is 4.42 Å². The molecule has 3 aromatic carbocycles. The van der Waals surface area contributed by atoms with Crippen molar-refractivity contribution < 1.29 is 17.6 Å². The van der Waals surface area contributed by atoms with Gasteiger partial charge in [-0.3, -0.25) is 0 Å². The molecule has 0 N–H and O–H groups in total. The van der Waals surface area contributed by atoms with Crippen LogP contribution in [0.4, 0.5) is 13.2 Å². The topological polar surface area (TPSA) is 26.0 Å². The summed E-state index contributed by atoms with van der Waals surface area (Å²) in [5.74, 6) is 0.482. The molecule has 0 amide bonds. The molecule has 0 bridgehead atoms. The molecule has 6 heteroatoms. The largest absolute Gasteiger partial charge is 0.431 e. The first-order chi connectivity index (χ1) is 13.4. The predicted octanol–water partition coefficient (Wildman–Crippen LogP) is 7.11. The fraction of sp³-hybridized carbons (Fsp3) is 0.136. The number of rotatable bonds is 4. The predicted molar refractivity (Wildman–Crippen MR) is 105 cm³/mol. The van der Waals surface area contributed by atoms with Gasteiger partial charge in [0.1, 0.15) is 5.52 Å². The smallest absolute Gasteiger partial charge is 0.416 e. The van der Waals surface area contributed by atoms with Crippen molar-refractivity contribution in [2.24, 2.45) is 0 Å². The lowest BCUT2D eigenvalue weighted by Gasteiger charge is -2.06. The van der Waals surface area contributed by atoms with Gasteiger partial charge in [0.15, 0.2) is 5.58 Å². The van der Waals surface area contributed by atoms with Crippen LogP contribution in [0.3, 0.4) is 0 Å². The SMILES string of the molecule is Cc1ccccc1-c1ccc2oc(SCc3ccc(C(F)(F)F)cc3)nc2c1. The summed E-state index contributed by atoms with van der Waals surface area (Å²) in [6.45, 7) is 2.06. The quantitative estimate of drug-likeness (QED) is 0.342. The Kier molecular flexibility index (Phi) is 4.89. The Labute approximate surface area is 164 Å². The Morgan fingerprint density at radius 3 is 2.43 bits per heavy atom. The van der Waals surface area contributed by atoms with Crippen LogP contribution in [0.25, 0.3) is 22.2 Å². The Hall–Kier alpha value is -2.73. The molecule has 1 heterocycles. The van der Waals surface area contributed by atoms with Crippen LogP contribution in [-0.2, 0) is 11.9 Å². The Bertz CT molecular complexity index is 1120. The van der Waals surface area contributed by atoms with E-state index in [-0.39, 0.29) is 0 Å². The average molecular weight is 399 g/mol. The molecular weight excluding hydrogens is 383 g/mol. The summed E-state index contributed by atoms with van der Waals surface area (Å²) in [4.78, 5) is 4.52. The van der Waals surface area contributed by atoms with Crippen LogP contribution in [0.5, 0.6) is 0 Å². The van der Waals surface area contributed by atoms with Gasteiger partial charge in [0, 0.05) is 5.75 Å². The van der Waals surface area contributed by atoms with E-state index in [0.29, 0.717) is 16.6 Å². The number of aryl methyl sites for hydroxylation is 1. The standard InChI is InChI=1S/C22H16F3NOS/c1-14-4-2-3-5-18(14)16-8-11-20-19(12-16)26-21(27-20)28-13-15-6-9-17(10-7-15)22(23,24)25/h2-12H,13H2,1H3. The van der Waals surface area contributed by atoms with Gasteiger partial charge in [0.2, 0.25) is 0 Å². The van der Waals surface area contributed by atoms with E-state index in [0.717, 1.165) is 34.3 Å². The summed E-state index contributed by atoms with van der Waals surface area (Å²) in [5, 5.41) is 0.497. The highest BCUT2D eigenvalue weighted by molar-refractivity contribution is 7.98. The van der Waals surface area contributed by atoms with Crippen molar-refractivity contribution >= 4 is 22.9 Å². The molecule has 0 aliphatic rings. The summed E-state index contributed by atoms with van der Waals surface area (Å²) < 4.78 is 43.7. The second-order valence-electron chi connectivity index (χ2n) is 6.46. The molecule has 142 valence electrons. The van der Waals surface area contributed by atoms with Crippen LogP contribution in [0, 0.1) is 6.92 Å². The van der Waals surface area contributed by atoms with E-state index in [4.69, 9.17) is 4.42 Å². The van der Waals surface area contributed by atoms with Crippen LogP contribution >= 0.6 is 11.8 Å². The maximum absolute atomic E-state index is 12.6. The number of fused-ring (bicyclic) bond motifs is 1. The number of alkyl halides is 3. The minimum absolute atomic E-state index is 0.482. The maximum atomic E-state index is 12.6. The molecule has 0 aliphatic heterocycles. The van der Waals surface area contributed by atoms with Crippen molar-refractivity contribution in [1.29, 1.82) is 0 Å². The fourth-order valence-electron chi connectivity index (χ4n) is 2.97. The second-order valence-corrected chi connectivity index (χ2v) is 7.39. The number of nitrogens with zero attached hydrogens (tertiary/aromatic N) is 1. The van der Waals surface area contributed by atoms with Crippen LogP contribution in [-0.4, -0.2) is 4.98 Å². The summed E-state index contributed by atoms with van der Waals surface area (Å²) in [7, 11) is 0. The molecule has 0 unspecified atom stereocenters. The summed E-state index contributed by atoms with van der Waals surface area (Å²) >= 11 is 1.36. The average Bonchev–Trinajstić information content (AvgIpc) is 3.08. The van der Waals surface area contributed by atoms with E-state index >= 15 is 0 Å². The number of hydrogen-bond donors (Lipinski definition) is 0. The molecule has 28 heavy (non-hydrogen) atoms. The van der Waals surface area contributed by atoms with Gasteiger partial charge in [-0.15, -0.1) is 0 Å². The third kappa shape index (κ3) is 3.92. The molecule has 0 aliphatic carbocycles. The molecule has 0 fully saturated rings. The highest BCUT2D eigenvalue weighted by Gasteiger charge is 2.29. The van der Waals surface area contributed by atoms with E-state index in [2.05, 4.69) is 24.0 Å². The summed E-state index contributed by atoms with van der Waals surface area (Å²) in [6, 6.07) is 19.2. The monoisotopic (exact) mass is 399 g/mol. The van der Waals surface area contributed by atoms with Crippen LogP contribution < -0.4 is 0 Å². The molecular formula is C22H16F3NOS. The third-order valence-corrected chi connectivity index (χ3v) is 5.37. The normalized spacial score (nSPS) is 11.9. The first-order valence-electron chi connectivity index (χ1n) is 8.66. The molecule has 1 aromatic heterocycles. The number of thioether (sulfide) groups is 1. The Balaban J connectivity index is 1.51. The van der Waals surface area contributed by atoms with E-state index < -0.39 is 11.7 Å². The number of hydrogen-bond acceptors (Lipinski definition) is 3. The second kappa shape index (κ2) is 7.36. The van der Waals surface area contributed by atoms with Crippen molar-refractivity contribution in [3.05, 3.63) is 83.4 Å². The summed E-state index contributed by atoms with van der Waals surface area (Å²) in [6.07, 6.45) is -4.32. The van der Waals surface area contributed by atoms with E-state index in [1.54, 1.807) is 0 Å². The molecule has 2 nitrogen and oxygen atoms in total. The lowest BCUT2D eigenvalue weighted by Crippen LogP contribution is -2.04. The van der Waals surface area contributed by atoms with Crippen molar-refractivity contribution in [3.63, 3.8) is 0 Å². The van der Waals surface area contributed by atoms with E-state index in [1.807, 2.05) is 30.3 Å². The lowest BCUT2D eigenvalue weighted by molar-refractivity contribution is -0.137. The number of halogens is 3. The lowest BCUT2D eigenvalue weighted by atomic mass is 10.0. The summed E-state index contributed by atoms with van der Waals surface area (Å²) in [5.41, 5.74) is 4.97. The zero-order valence-corrected chi connectivity index (χ0v) is 15.8. The number of oxazole rings is 1. The van der Waals surface area contributed by atoms with Gasteiger partial charge in [0.25, 0.3) is 5.22 Å². The van der Waals surface area contributed by atoms with Crippen molar-refractivity contribution in [2.75, 3.05) is 0 Å². The first kappa shape index (κ1) is 18.6. The minimum atomic E-state index is -4.32. The van der Waals surface area contributed by atoms with Gasteiger partial charge in [0.05, 0.1) is 5.56 Å². The molecule has 0 saturated heterocycles. The molecule has 0 radical (unpaired) electrons. The maximum Gasteiger partial charge on any atom is 0.416 e. The van der Waals surface area contributed by atoms with Gasteiger partial charge >= 0.3 is 6.18 Å². The zero-order chi connectivity index (χ0) is 19.7. The van der Waals surface area contributed by atoms with Gasteiger partial charge in [-0.2, -0.15) is 13.2 Å². The molecule has 0 saturated carbocycles. The third-order valence-electron chi connectivity index (χ3n) is 4.47. The molecule has 0 spiro atoms. The minimum Gasteiger partial charge on any atom is -0.431 e. The first-order valence-corrected chi connectivity index (χ1v) is 9.64. The van der Waals surface area contributed by atoms with Crippen molar-refractivity contribution in [2.45, 2.75) is 24.1 Å².